The van der Waals surface area contributed by atoms with Gasteiger partial charge in [-0.3, -0.25) is 10.1 Å². The van der Waals surface area contributed by atoms with Gasteiger partial charge in [-0.05, 0) is 17.7 Å². The second-order valence-corrected chi connectivity index (χ2v) is 4.39. The summed E-state index contributed by atoms with van der Waals surface area (Å²) >= 11 is 5.83. The SMILES string of the molecule is CN(Cc1cccc(Cl)c1)C(=O)NC(=O)C=CC(=O)O. The molecule has 0 spiro atoms. The molecule has 1 rings (SSSR count). The van der Waals surface area contributed by atoms with Crippen molar-refractivity contribution in [3.05, 3.63) is 47.0 Å². The molecule has 1 aromatic carbocycles. The molecule has 0 aromatic heterocycles. The van der Waals surface area contributed by atoms with Crippen molar-refractivity contribution >= 4 is 29.5 Å². The van der Waals surface area contributed by atoms with Crippen LogP contribution in [0.4, 0.5) is 4.79 Å². The summed E-state index contributed by atoms with van der Waals surface area (Å²) in [5.41, 5.74) is 0.809. The lowest BCUT2D eigenvalue weighted by atomic mass is 10.2. The maximum absolute atomic E-state index is 11.7. The molecule has 0 radical (unpaired) electrons. The minimum Gasteiger partial charge on any atom is -0.478 e. The molecule has 7 heteroatoms. The summed E-state index contributed by atoms with van der Waals surface area (Å²) in [5, 5.41) is 10.9. The molecule has 0 aliphatic carbocycles. The number of aliphatic carboxylic acids is 1. The number of carbonyl (C=O) groups is 3. The molecule has 0 heterocycles. The first kappa shape index (κ1) is 15.7. The summed E-state index contributed by atoms with van der Waals surface area (Å²) in [6.07, 6.45) is 1.42. The van der Waals surface area contributed by atoms with Crippen LogP contribution in [0.2, 0.25) is 5.02 Å². The molecule has 0 aliphatic rings. The lowest BCUT2D eigenvalue weighted by Gasteiger charge is -2.17. The van der Waals surface area contributed by atoms with E-state index in [0.717, 1.165) is 11.6 Å². The van der Waals surface area contributed by atoms with Gasteiger partial charge in [-0.2, -0.15) is 0 Å². The van der Waals surface area contributed by atoms with Gasteiger partial charge in [0.2, 0.25) is 0 Å². The number of nitrogens with zero attached hydrogens (tertiary/aromatic N) is 1. The maximum Gasteiger partial charge on any atom is 0.328 e. The zero-order valence-electron chi connectivity index (χ0n) is 10.7. The van der Waals surface area contributed by atoms with E-state index < -0.39 is 17.9 Å². The van der Waals surface area contributed by atoms with Crippen LogP contribution in [0.15, 0.2) is 36.4 Å². The van der Waals surface area contributed by atoms with Crippen molar-refractivity contribution in [1.82, 2.24) is 10.2 Å². The Bertz CT molecular complexity index is 557. The average molecular weight is 297 g/mol. The fourth-order valence-corrected chi connectivity index (χ4v) is 1.58. The van der Waals surface area contributed by atoms with Crippen molar-refractivity contribution in [3.8, 4) is 0 Å². The topological polar surface area (TPSA) is 86.7 Å². The number of amides is 3. The van der Waals surface area contributed by atoms with Crippen molar-refractivity contribution in [1.29, 1.82) is 0 Å². The van der Waals surface area contributed by atoms with Gasteiger partial charge in [-0.15, -0.1) is 0 Å². The Kier molecular flexibility index (Phi) is 5.74. The van der Waals surface area contributed by atoms with E-state index in [1.807, 2.05) is 5.32 Å². The van der Waals surface area contributed by atoms with Gasteiger partial charge in [0, 0.05) is 30.8 Å². The van der Waals surface area contributed by atoms with Gasteiger partial charge in [0.1, 0.15) is 0 Å². The van der Waals surface area contributed by atoms with E-state index in [1.165, 1.54) is 11.9 Å². The van der Waals surface area contributed by atoms with Crippen LogP contribution in [0.3, 0.4) is 0 Å². The molecule has 2 N–H and O–H groups in total. The van der Waals surface area contributed by atoms with Crippen molar-refractivity contribution < 1.29 is 19.5 Å². The van der Waals surface area contributed by atoms with Crippen LogP contribution < -0.4 is 5.32 Å². The minimum absolute atomic E-state index is 0.266. The molecule has 0 bridgehead atoms. The number of imide groups is 1. The summed E-state index contributed by atoms with van der Waals surface area (Å²) in [7, 11) is 1.50. The number of halogens is 1. The highest BCUT2D eigenvalue weighted by Gasteiger charge is 2.11. The van der Waals surface area contributed by atoms with E-state index in [-0.39, 0.29) is 6.54 Å². The third kappa shape index (κ3) is 5.53. The van der Waals surface area contributed by atoms with Crippen LogP contribution in [0.1, 0.15) is 5.56 Å². The standard InChI is InChI=1S/C13H13ClN2O4/c1-16(8-9-3-2-4-10(14)7-9)13(20)15-11(17)5-6-12(18)19/h2-7H,8H2,1H3,(H,18,19)(H,15,17,20). The van der Waals surface area contributed by atoms with Crippen molar-refractivity contribution in [3.63, 3.8) is 0 Å². The van der Waals surface area contributed by atoms with Crippen LogP contribution in [0, 0.1) is 0 Å². The Labute approximate surface area is 120 Å². The number of carbonyl (C=O) groups excluding carboxylic acids is 2. The summed E-state index contributed by atoms with van der Waals surface area (Å²) in [4.78, 5) is 34.4. The van der Waals surface area contributed by atoms with Gasteiger partial charge in [0.25, 0.3) is 5.91 Å². The number of carboxylic acids is 1. The average Bonchev–Trinajstić information content (AvgIpc) is 2.36. The number of rotatable bonds is 4. The Morgan fingerprint density at radius 1 is 1.35 bits per heavy atom. The van der Waals surface area contributed by atoms with Gasteiger partial charge in [-0.25, -0.2) is 9.59 Å². The first-order chi connectivity index (χ1) is 9.38. The fraction of sp³-hybridized carbons (Fsp3) is 0.154. The summed E-state index contributed by atoms with van der Waals surface area (Å²) in [6.45, 7) is 0.266. The fourth-order valence-electron chi connectivity index (χ4n) is 1.37. The van der Waals surface area contributed by atoms with Crippen LogP contribution >= 0.6 is 11.6 Å². The second kappa shape index (κ2) is 7.30. The Morgan fingerprint density at radius 3 is 2.65 bits per heavy atom. The van der Waals surface area contributed by atoms with Gasteiger partial charge >= 0.3 is 12.0 Å². The number of benzene rings is 1. The molecular formula is C13H13ClN2O4. The zero-order valence-corrected chi connectivity index (χ0v) is 11.4. The first-order valence-electron chi connectivity index (χ1n) is 5.60. The predicted molar refractivity (Wildman–Crippen MR) is 73.2 cm³/mol. The third-order valence-electron chi connectivity index (χ3n) is 2.26. The molecule has 1 aromatic rings. The molecule has 3 amide bonds. The van der Waals surface area contributed by atoms with E-state index in [0.29, 0.717) is 11.1 Å². The number of hydrogen-bond donors (Lipinski definition) is 2. The van der Waals surface area contributed by atoms with Gasteiger partial charge in [-0.1, -0.05) is 23.7 Å². The van der Waals surface area contributed by atoms with Crippen molar-refractivity contribution in [2.75, 3.05) is 7.05 Å². The Hall–Kier alpha value is -2.34. The van der Waals surface area contributed by atoms with Gasteiger partial charge in [0.15, 0.2) is 0 Å². The Morgan fingerprint density at radius 2 is 2.05 bits per heavy atom. The van der Waals surface area contributed by atoms with Crippen LogP contribution in [-0.2, 0) is 16.1 Å². The smallest absolute Gasteiger partial charge is 0.328 e. The summed E-state index contributed by atoms with van der Waals surface area (Å²) in [6, 6.07) is 6.33. The highest BCUT2D eigenvalue weighted by atomic mass is 35.5. The molecule has 0 fully saturated rings. The molecule has 0 atom stereocenters. The molecule has 20 heavy (non-hydrogen) atoms. The number of carboxylic acid groups (broad SMARTS) is 1. The second-order valence-electron chi connectivity index (χ2n) is 3.95. The van der Waals surface area contributed by atoms with E-state index in [2.05, 4.69) is 0 Å². The Balaban J connectivity index is 2.55. The zero-order chi connectivity index (χ0) is 15.1. The number of nitrogens with one attached hydrogen (secondary N) is 1. The maximum atomic E-state index is 11.7. The van der Waals surface area contributed by atoms with Crippen LogP contribution in [0.5, 0.6) is 0 Å². The van der Waals surface area contributed by atoms with E-state index in [9.17, 15) is 14.4 Å². The largest absolute Gasteiger partial charge is 0.478 e. The van der Waals surface area contributed by atoms with Crippen LogP contribution in [0.25, 0.3) is 0 Å². The highest BCUT2D eigenvalue weighted by molar-refractivity contribution is 6.30. The molecule has 6 nitrogen and oxygen atoms in total. The monoisotopic (exact) mass is 296 g/mol. The van der Waals surface area contributed by atoms with Crippen molar-refractivity contribution in [2.45, 2.75) is 6.54 Å². The molecule has 0 saturated carbocycles. The lowest BCUT2D eigenvalue weighted by Crippen LogP contribution is -2.39. The lowest BCUT2D eigenvalue weighted by molar-refractivity contribution is -0.131. The number of urea groups is 1. The van der Waals surface area contributed by atoms with E-state index >= 15 is 0 Å². The van der Waals surface area contributed by atoms with Crippen molar-refractivity contribution in [2.24, 2.45) is 0 Å². The van der Waals surface area contributed by atoms with Gasteiger partial charge in [0.05, 0.1) is 0 Å². The highest BCUT2D eigenvalue weighted by Crippen LogP contribution is 2.12. The third-order valence-corrected chi connectivity index (χ3v) is 2.50. The van der Waals surface area contributed by atoms with E-state index in [1.54, 1.807) is 24.3 Å². The number of hydrogen-bond acceptors (Lipinski definition) is 3. The molecule has 0 aliphatic heterocycles. The quantitative estimate of drug-likeness (QED) is 0.827. The molecule has 0 unspecified atom stereocenters. The molecule has 106 valence electrons. The summed E-state index contributed by atoms with van der Waals surface area (Å²) in [5.74, 6) is -2.06. The van der Waals surface area contributed by atoms with E-state index in [4.69, 9.17) is 16.7 Å². The predicted octanol–water partition coefficient (Wildman–Crippen LogP) is 1.65. The normalized spacial score (nSPS) is 10.3. The molecule has 0 saturated heterocycles. The van der Waals surface area contributed by atoms with Crippen LogP contribution in [-0.4, -0.2) is 35.0 Å². The first-order valence-corrected chi connectivity index (χ1v) is 5.98. The van der Waals surface area contributed by atoms with Gasteiger partial charge < -0.3 is 10.0 Å². The minimum atomic E-state index is -1.26. The summed E-state index contributed by atoms with van der Waals surface area (Å²) < 4.78 is 0. The molecular weight excluding hydrogens is 284 g/mol.